The van der Waals surface area contributed by atoms with Crippen LogP contribution in [0.2, 0.25) is 0 Å². The van der Waals surface area contributed by atoms with Crippen molar-refractivity contribution in [3.63, 3.8) is 0 Å². The Morgan fingerprint density at radius 1 is 0.370 bits per heavy atom. The number of aryl methyl sites for hydroxylation is 8. The van der Waals surface area contributed by atoms with Crippen LogP contribution in [0.1, 0.15) is 110 Å². The highest BCUT2D eigenvalue weighted by molar-refractivity contribution is 5.72. The Morgan fingerprint density at radius 3 is 1.11 bits per heavy atom. The molecule has 6 rings (SSSR count). The molecule has 0 aliphatic carbocycles. The zero-order valence-corrected chi connectivity index (χ0v) is 33.6. The number of aromatic nitrogens is 7. The standard InChI is InChI=1S/C47H55N7/c1-9-11-13-15-17-36-23-37(18-16-14-12-10-2)25-38(24-36)43-52-46(44-48-26-39(27-49-44)41-32(5)19-30(3)20-33(41)6)54-47(53-43)45-50-28-40(29-51-45)42-34(7)21-31(4)22-35(42)8/h19-29H,9-18H2,1-8H3. The minimum absolute atomic E-state index is 0.398. The van der Waals surface area contributed by atoms with Crippen LogP contribution in [0, 0.1) is 41.5 Å². The van der Waals surface area contributed by atoms with Gasteiger partial charge in [0.1, 0.15) is 0 Å². The molecule has 0 atom stereocenters. The molecular weight excluding hydrogens is 663 g/mol. The quantitative estimate of drug-likeness (QED) is 0.0977. The smallest absolute Gasteiger partial charge is 0.201 e. The maximum absolute atomic E-state index is 5.04. The van der Waals surface area contributed by atoms with Crippen molar-refractivity contribution in [1.29, 1.82) is 0 Å². The second-order valence-electron chi connectivity index (χ2n) is 15.1. The highest BCUT2D eigenvalue weighted by Crippen LogP contribution is 2.31. The van der Waals surface area contributed by atoms with Gasteiger partial charge in [0.15, 0.2) is 17.5 Å². The Morgan fingerprint density at radius 2 is 0.741 bits per heavy atom. The van der Waals surface area contributed by atoms with Crippen LogP contribution in [-0.2, 0) is 12.8 Å². The molecule has 0 radical (unpaired) electrons. The number of rotatable bonds is 15. The van der Waals surface area contributed by atoms with Crippen molar-refractivity contribution in [2.45, 2.75) is 120 Å². The van der Waals surface area contributed by atoms with Gasteiger partial charge < -0.3 is 0 Å². The van der Waals surface area contributed by atoms with Gasteiger partial charge in [-0.3, -0.25) is 0 Å². The van der Waals surface area contributed by atoms with E-state index in [9.17, 15) is 0 Å². The second-order valence-corrected chi connectivity index (χ2v) is 15.1. The van der Waals surface area contributed by atoms with Crippen LogP contribution in [-0.4, -0.2) is 34.9 Å². The number of hydrogen-bond donors (Lipinski definition) is 0. The van der Waals surface area contributed by atoms with Crippen molar-refractivity contribution in [3.8, 4) is 56.9 Å². The number of benzene rings is 3. The predicted molar refractivity (Wildman–Crippen MR) is 222 cm³/mol. The van der Waals surface area contributed by atoms with Crippen LogP contribution >= 0.6 is 0 Å². The minimum Gasteiger partial charge on any atom is -0.233 e. The molecule has 6 aromatic rings. The molecule has 3 heterocycles. The van der Waals surface area contributed by atoms with E-state index in [4.69, 9.17) is 34.9 Å². The summed E-state index contributed by atoms with van der Waals surface area (Å²) in [6.45, 7) is 17.3. The van der Waals surface area contributed by atoms with E-state index in [1.807, 2.05) is 24.8 Å². The highest BCUT2D eigenvalue weighted by Gasteiger charge is 2.18. The van der Waals surface area contributed by atoms with E-state index in [1.165, 1.54) is 95.9 Å². The Hall–Kier alpha value is -5.17. The first-order valence-electron chi connectivity index (χ1n) is 19.8. The molecule has 0 fully saturated rings. The van der Waals surface area contributed by atoms with Gasteiger partial charge in [-0.15, -0.1) is 0 Å². The lowest BCUT2D eigenvalue weighted by atomic mass is 9.96. The van der Waals surface area contributed by atoms with Gasteiger partial charge in [0.05, 0.1) is 0 Å². The summed E-state index contributed by atoms with van der Waals surface area (Å²) < 4.78 is 0. The average molecular weight is 718 g/mol. The molecule has 278 valence electrons. The molecule has 54 heavy (non-hydrogen) atoms. The molecule has 0 saturated carbocycles. The molecule has 7 heteroatoms. The lowest BCUT2D eigenvalue weighted by molar-refractivity contribution is 0.661. The molecular formula is C47H55N7. The molecule has 0 bridgehead atoms. The van der Waals surface area contributed by atoms with Crippen molar-refractivity contribution in [2.24, 2.45) is 0 Å². The number of hydrogen-bond acceptors (Lipinski definition) is 7. The van der Waals surface area contributed by atoms with Gasteiger partial charge in [0.2, 0.25) is 11.6 Å². The summed E-state index contributed by atoms with van der Waals surface area (Å²) in [5.74, 6) is 2.24. The zero-order valence-electron chi connectivity index (χ0n) is 33.6. The average Bonchev–Trinajstić information content (AvgIpc) is 3.15. The third kappa shape index (κ3) is 9.30. The van der Waals surface area contributed by atoms with Crippen LogP contribution in [0.4, 0.5) is 0 Å². The van der Waals surface area contributed by atoms with E-state index < -0.39 is 0 Å². The molecule has 0 amide bonds. The molecule has 0 aliphatic rings. The summed E-state index contributed by atoms with van der Waals surface area (Å²) in [4.78, 5) is 34.3. The third-order valence-corrected chi connectivity index (χ3v) is 10.2. The van der Waals surface area contributed by atoms with Crippen LogP contribution < -0.4 is 0 Å². The molecule has 0 aliphatic heterocycles. The van der Waals surface area contributed by atoms with Crippen LogP contribution in [0.15, 0.2) is 67.3 Å². The van der Waals surface area contributed by atoms with E-state index in [0.29, 0.717) is 29.1 Å². The molecule has 0 spiro atoms. The lowest BCUT2D eigenvalue weighted by Gasteiger charge is -2.13. The summed E-state index contributed by atoms with van der Waals surface area (Å²) in [5, 5.41) is 0. The first-order valence-corrected chi connectivity index (χ1v) is 19.8. The molecule has 3 aromatic carbocycles. The second kappa shape index (κ2) is 17.8. The molecule has 7 nitrogen and oxygen atoms in total. The predicted octanol–water partition coefficient (Wildman–Crippen LogP) is 11.9. The van der Waals surface area contributed by atoms with Crippen LogP contribution in [0.3, 0.4) is 0 Å². The van der Waals surface area contributed by atoms with E-state index in [2.05, 4.69) is 97.9 Å². The van der Waals surface area contributed by atoms with E-state index in [1.54, 1.807) is 0 Å². The fourth-order valence-corrected chi connectivity index (χ4v) is 7.81. The summed E-state index contributed by atoms with van der Waals surface area (Å²) in [7, 11) is 0. The third-order valence-electron chi connectivity index (χ3n) is 10.2. The molecule has 3 aromatic heterocycles. The van der Waals surface area contributed by atoms with Gasteiger partial charge in [0, 0.05) is 41.5 Å². The first-order chi connectivity index (χ1) is 26.1. The SMILES string of the molecule is CCCCCCc1cc(CCCCCC)cc(-c2nc(-c3ncc(-c4c(C)cc(C)cc4C)cn3)nc(-c3ncc(-c4c(C)cc(C)cc4C)cn3)n2)c1. The van der Waals surface area contributed by atoms with Crippen molar-refractivity contribution < 1.29 is 0 Å². The van der Waals surface area contributed by atoms with Gasteiger partial charge >= 0.3 is 0 Å². The van der Waals surface area contributed by atoms with Crippen LogP contribution in [0.25, 0.3) is 56.9 Å². The topological polar surface area (TPSA) is 90.2 Å². The van der Waals surface area contributed by atoms with E-state index in [-0.39, 0.29) is 0 Å². The maximum Gasteiger partial charge on any atom is 0.201 e. The minimum atomic E-state index is 0.398. The molecule has 0 N–H and O–H groups in total. The van der Waals surface area contributed by atoms with Crippen molar-refractivity contribution in [3.05, 3.63) is 112 Å². The van der Waals surface area contributed by atoms with Crippen molar-refractivity contribution in [2.75, 3.05) is 0 Å². The van der Waals surface area contributed by atoms with Crippen molar-refractivity contribution in [1.82, 2.24) is 34.9 Å². The van der Waals surface area contributed by atoms with E-state index in [0.717, 1.165) is 40.7 Å². The maximum atomic E-state index is 5.04. The Balaban J connectivity index is 1.44. The van der Waals surface area contributed by atoms with Gasteiger partial charge in [-0.1, -0.05) is 93.8 Å². The number of nitrogens with zero attached hydrogens (tertiary/aromatic N) is 7. The van der Waals surface area contributed by atoms with Gasteiger partial charge in [-0.2, -0.15) is 0 Å². The fourth-order valence-electron chi connectivity index (χ4n) is 7.81. The van der Waals surface area contributed by atoms with Gasteiger partial charge in [0.25, 0.3) is 0 Å². The molecule has 0 saturated heterocycles. The van der Waals surface area contributed by atoms with Crippen molar-refractivity contribution >= 4 is 0 Å². The normalized spacial score (nSPS) is 11.3. The number of unbranched alkanes of at least 4 members (excludes halogenated alkanes) is 6. The monoisotopic (exact) mass is 717 g/mol. The Bertz CT molecular complexity index is 2010. The Labute approximate surface area is 322 Å². The van der Waals surface area contributed by atoms with Crippen LogP contribution in [0.5, 0.6) is 0 Å². The summed E-state index contributed by atoms with van der Waals surface area (Å²) in [6.07, 6.45) is 19.3. The van der Waals surface area contributed by atoms with Gasteiger partial charge in [-0.05, 0) is 124 Å². The molecule has 0 unspecified atom stereocenters. The fraction of sp³-hybridized carbons (Fsp3) is 0.383. The summed E-state index contributed by atoms with van der Waals surface area (Å²) >= 11 is 0. The summed E-state index contributed by atoms with van der Waals surface area (Å²) in [5.41, 5.74) is 15.1. The summed E-state index contributed by atoms with van der Waals surface area (Å²) in [6, 6.07) is 15.7. The first kappa shape index (κ1) is 38.6. The van der Waals surface area contributed by atoms with Gasteiger partial charge in [-0.25, -0.2) is 34.9 Å². The zero-order chi connectivity index (χ0) is 38.2. The lowest BCUT2D eigenvalue weighted by Crippen LogP contribution is -2.05. The largest absolute Gasteiger partial charge is 0.233 e. The highest BCUT2D eigenvalue weighted by atomic mass is 15.1. The Kier molecular flexibility index (Phi) is 12.7. The van der Waals surface area contributed by atoms with E-state index >= 15 is 0 Å².